The lowest BCUT2D eigenvalue weighted by atomic mass is 9.98. The number of fused-ring (bicyclic) bond motifs is 1. The molecule has 2 aromatic rings. The topological polar surface area (TPSA) is 79.1 Å². The van der Waals surface area contributed by atoms with E-state index in [2.05, 4.69) is 31.0 Å². The molecule has 1 unspecified atom stereocenters. The van der Waals surface area contributed by atoms with E-state index in [-0.39, 0.29) is 12.5 Å². The van der Waals surface area contributed by atoms with E-state index in [1.54, 1.807) is 0 Å². The molecule has 1 heterocycles. The maximum absolute atomic E-state index is 10.8. The summed E-state index contributed by atoms with van der Waals surface area (Å²) in [6, 6.07) is 5.82. The molecule has 0 radical (unpaired) electrons. The van der Waals surface area contributed by atoms with Crippen molar-refractivity contribution in [1.29, 1.82) is 0 Å². The van der Waals surface area contributed by atoms with Crippen molar-refractivity contribution >= 4 is 16.9 Å². The number of carbonyl (C=O) groups is 1. The molecule has 0 saturated heterocycles. The zero-order valence-corrected chi connectivity index (χ0v) is 12.5. The Labute approximate surface area is 124 Å². The van der Waals surface area contributed by atoms with Crippen molar-refractivity contribution in [2.45, 2.75) is 39.2 Å². The van der Waals surface area contributed by atoms with E-state index in [0.29, 0.717) is 6.42 Å². The average molecular weight is 286 g/mol. The van der Waals surface area contributed by atoms with Gasteiger partial charge in [-0.1, -0.05) is 23.8 Å². The van der Waals surface area contributed by atoms with Gasteiger partial charge in [-0.05, 0) is 43.9 Å². The van der Waals surface area contributed by atoms with Gasteiger partial charge in [0, 0.05) is 23.1 Å². The highest BCUT2D eigenvalue weighted by molar-refractivity contribution is 5.87. The number of allylic oxidation sites excluding steroid dienone is 2. The molecule has 0 fully saturated rings. The van der Waals surface area contributed by atoms with Crippen molar-refractivity contribution < 1.29 is 9.90 Å². The van der Waals surface area contributed by atoms with Gasteiger partial charge in [0.1, 0.15) is 0 Å². The minimum atomic E-state index is -0.855. The van der Waals surface area contributed by atoms with E-state index in [4.69, 9.17) is 10.8 Å². The monoisotopic (exact) mass is 286 g/mol. The number of hydrogen-bond acceptors (Lipinski definition) is 2. The maximum Gasteiger partial charge on any atom is 0.304 e. The summed E-state index contributed by atoms with van der Waals surface area (Å²) in [7, 11) is 0. The normalized spacial score (nSPS) is 12.3. The molecule has 0 aliphatic carbocycles. The summed E-state index contributed by atoms with van der Waals surface area (Å²) in [6.07, 6.45) is 5.57. The molecule has 4 N–H and O–H groups in total. The molecule has 4 heteroatoms. The van der Waals surface area contributed by atoms with Crippen LogP contribution in [-0.2, 0) is 17.6 Å². The first-order valence-electron chi connectivity index (χ1n) is 7.16. The molecule has 0 aliphatic rings. The number of aromatic nitrogens is 1. The van der Waals surface area contributed by atoms with Gasteiger partial charge in [0.2, 0.25) is 0 Å². The first kappa shape index (κ1) is 15.3. The molecular weight excluding hydrogens is 264 g/mol. The van der Waals surface area contributed by atoms with Crippen LogP contribution in [0.3, 0.4) is 0 Å². The fourth-order valence-corrected chi connectivity index (χ4v) is 2.56. The second-order valence-electron chi connectivity index (χ2n) is 5.70. The fraction of sp³-hybridized carbons (Fsp3) is 0.353. The van der Waals surface area contributed by atoms with Crippen molar-refractivity contribution in [2.75, 3.05) is 0 Å². The number of nitrogens with two attached hydrogens (primary N) is 1. The molecular formula is C17H22N2O2. The SMILES string of the molecule is CC(C)=CCc1cccc2[nH]cc(CC(N)CC(=O)O)c12. The van der Waals surface area contributed by atoms with E-state index in [0.717, 1.165) is 17.5 Å². The van der Waals surface area contributed by atoms with E-state index >= 15 is 0 Å². The Morgan fingerprint density at radius 1 is 1.38 bits per heavy atom. The number of rotatable bonds is 6. The number of benzene rings is 1. The van der Waals surface area contributed by atoms with Gasteiger partial charge in [0.25, 0.3) is 0 Å². The van der Waals surface area contributed by atoms with Gasteiger partial charge in [0.15, 0.2) is 0 Å². The number of aromatic amines is 1. The van der Waals surface area contributed by atoms with Crippen molar-refractivity contribution in [1.82, 2.24) is 4.98 Å². The highest BCUT2D eigenvalue weighted by atomic mass is 16.4. The van der Waals surface area contributed by atoms with E-state index in [9.17, 15) is 4.79 Å². The average Bonchev–Trinajstić information content (AvgIpc) is 2.79. The molecule has 0 aliphatic heterocycles. The lowest BCUT2D eigenvalue weighted by Gasteiger charge is -2.09. The standard InChI is InChI=1S/C17H22N2O2/c1-11(2)6-7-12-4-3-5-15-17(12)13(10-19-15)8-14(18)9-16(20)21/h3-6,10,14,19H,7-9,18H2,1-2H3,(H,20,21). The molecule has 1 atom stereocenters. The summed E-state index contributed by atoms with van der Waals surface area (Å²) in [5.41, 5.74) is 10.6. The van der Waals surface area contributed by atoms with Gasteiger partial charge >= 0.3 is 5.97 Å². The largest absolute Gasteiger partial charge is 0.481 e. The van der Waals surface area contributed by atoms with Crippen LogP contribution in [0.5, 0.6) is 0 Å². The van der Waals surface area contributed by atoms with Crippen LogP contribution in [0.1, 0.15) is 31.4 Å². The Bertz CT molecular complexity index is 666. The first-order valence-corrected chi connectivity index (χ1v) is 7.16. The molecule has 2 rings (SSSR count). The molecule has 21 heavy (non-hydrogen) atoms. The first-order chi connectivity index (χ1) is 9.97. The zero-order valence-electron chi connectivity index (χ0n) is 12.5. The molecule has 1 aromatic heterocycles. The van der Waals surface area contributed by atoms with Crippen LogP contribution >= 0.6 is 0 Å². The van der Waals surface area contributed by atoms with Crippen molar-refractivity contribution in [3.05, 3.63) is 47.2 Å². The predicted octanol–water partition coefficient (Wildman–Crippen LogP) is 3.02. The summed E-state index contributed by atoms with van der Waals surface area (Å²) < 4.78 is 0. The Hall–Kier alpha value is -2.07. The smallest absolute Gasteiger partial charge is 0.304 e. The molecule has 1 aromatic carbocycles. The third-order valence-corrected chi connectivity index (χ3v) is 3.52. The summed E-state index contributed by atoms with van der Waals surface area (Å²) in [5.74, 6) is -0.855. The summed E-state index contributed by atoms with van der Waals surface area (Å²) in [4.78, 5) is 14.0. The van der Waals surface area contributed by atoms with Crippen molar-refractivity contribution in [3.8, 4) is 0 Å². The van der Waals surface area contributed by atoms with Crippen molar-refractivity contribution in [3.63, 3.8) is 0 Å². The third-order valence-electron chi connectivity index (χ3n) is 3.52. The summed E-state index contributed by atoms with van der Waals surface area (Å²) in [6.45, 7) is 4.17. The summed E-state index contributed by atoms with van der Waals surface area (Å²) in [5, 5.41) is 10.0. The number of carboxylic acid groups (broad SMARTS) is 1. The van der Waals surface area contributed by atoms with Crippen LogP contribution in [0.25, 0.3) is 10.9 Å². The minimum absolute atomic E-state index is 0.0111. The molecule has 112 valence electrons. The second kappa shape index (κ2) is 6.59. The lowest BCUT2D eigenvalue weighted by molar-refractivity contribution is -0.137. The van der Waals surface area contributed by atoms with Crippen LogP contribution in [0.2, 0.25) is 0 Å². The van der Waals surface area contributed by atoms with Crippen LogP contribution in [0.15, 0.2) is 36.0 Å². The Kier molecular flexibility index (Phi) is 4.81. The second-order valence-corrected chi connectivity index (χ2v) is 5.70. The number of aliphatic carboxylic acids is 1. The van der Waals surface area contributed by atoms with Gasteiger partial charge < -0.3 is 15.8 Å². The van der Waals surface area contributed by atoms with Gasteiger partial charge in [-0.3, -0.25) is 4.79 Å². The van der Waals surface area contributed by atoms with Crippen LogP contribution < -0.4 is 5.73 Å². The summed E-state index contributed by atoms with van der Waals surface area (Å²) >= 11 is 0. The highest BCUT2D eigenvalue weighted by Crippen LogP contribution is 2.25. The lowest BCUT2D eigenvalue weighted by Crippen LogP contribution is -2.26. The predicted molar refractivity (Wildman–Crippen MR) is 85.4 cm³/mol. The quantitative estimate of drug-likeness (QED) is 0.714. The van der Waals surface area contributed by atoms with E-state index in [1.165, 1.54) is 16.5 Å². The van der Waals surface area contributed by atoms with Crippen LogP contribution in [0, 0.1) is 0 Å². The Morgan fingerprint density at radius 2 is 2.14 bits per heavy atom. The van der Waals surface area contributed by atoms with Gasteiger partial charge in [-0.25, -0.2) is 0 Å². The molecule has 0 spiro atoms. The third kappa shape index (κ3) is 3.95. The Balaban J connectivity index is 2.32. The fourth-order valence-electron chi connectivity index (χ4n) is 2.56. The molecule has 0 amide bonds. The Morgan fingerprint density at radius 3 is 2.81 bits per heavy atom. The number of H-pyrrole nitrogens is 1. The minimum Gasteiger partial charge on any atom is -0.481 e. The number of hydrogen-bond donors (Lipinski definition) is 3. The molecule has 0 saturated carbocycles. The molecule has 4 nitrogen and oxygen atoms in total. The number of nitrogens with one attached hydrogen (secondary N) is 1. The number of carboxylic acids is 1. The van der Waals surface area contributed by atoms with E-state index < -0.39 is 5.97 Å². The van der Waals surface area contributed by atoms with Crippen molar-refractivity contribution in [2.24, 2.45) is 5.73 Å². The zero-order chi connectivity index (χ0) is 15.4. The highest BCUT2D eigenvalue weighted by Gasteiger charge is 2.13. The van der Waals surface area contributed by atoms with Gasteiger partial charge in [0.05, 0.1) is 6.42 Å². The van der Waals surface area contributed by atoms with Crippen LogP contribution in [-0.4, -0.2) is 22.1 Å². The van der Waals surface area contributed by atoms with Crippen LogP contribution in [0.4, 0.5) is 0 Å². The van der Waals surface area contributed by atoms with Gasteiger partial charge in [-0.2, -0.15) is 0 Å². The van der Waals surface area contributed by atoms with E-state index in [1.807, 2.05) is 18.3 Å². The molecule has 0 bridgehead atoms. The maximum atomic E-state index is 10.8. The van der Waals surface area contributed by atoms with Gasteiger partial charge in [-0.15, -0.1) is 0 Å².